The van der Waals surface area contributed by atoms with Crippen molar-refractivity contribution in [3.63, 3.8) is 0 Å². The fourth-order valence-corrected chi connectivity index (χ4v) is 3.15. The molecule has 1 heterocycles. The van der Waals surface area contributed by atoms with Gasteiger partial charge in [0.25, 0.3) is 0 Å². The molecule has 2 rings (SSSR count). The molecule has 96 valence electrons. The molecule has 4 heteroatoms. The van der Waals surface area contributed by atoms with Gasteiger partial charge in [0.05, 0.1) is 11.8 Å². The minimum Gasteiger partial charge on any atom is -0.481 e. The van der Waals surface area contributed by atoms with Crippen molar-refractivity contribution in [3.05, 3.63) is 0 Å². The number of hydrogen-bond acceptors (Lipinski definition) is 2. The summed E-state index contributed by atoms with van der Waals surface area (Å²) < 4.78 is 0. The van der Waals surface area contributed by atoms with Gasteiger partial charge < -0.3 is 10.0 Å². The minimum absolute atomic E-state index is 0.0500. The zero-order chi connectivity index (χ0) is 12.8. The van der Waals surface area contributed by atoms with Gasteiger partial charge in [0, 0.05) is 13.1 Å². The number of likely N-dealkylation sites (tertiary alicyclic amines) is 1. The van der Waals surface area contributed by atoms with E-state index in [0.29, 0.717) is 5.92 Å². The van der Waals surface area contributed by atoms with Crippen LogP contribution in [0.2, 0.25) is 0 Å². The van der Waals surface area contributed by atoms with Crippen LogP contribution in [0.1, 0.15) is 33.6 Å². The van der Waals surface area contributed by atoms with Gasteiger partial charge in [0.15, 0.2) is 0 Å². The van der Waals surface area contributed by atoms with Crippen LogP contribution < -0.4 is 0 Å². The van der Waals surface area contributed by atoms with E-state index in [1.54, 1.807) is 0 Å². The van der Waals surface area contributed by atoms with Crippen LogP contribution in [-0.4, -0.2) is 35.0 Å². The largest absolute Gasteiger partial charge is 0.481 e. The van der Waals surface area contributed by atoms with Crippen molar-refractivity contribution in [1.29, 1.82) is 0 Å². The summed E-state index contributed by atoms with van der Waals surface area (Å²) in [4.78, 5) is 25.2. The molecule has 17 heavy (non-hydrogen) atoms. The third kappa shape index (κ3) is 2.05. The highest BCUT2D eigenvalue weighted by Gasteiger charge is 2.66. The van der Waals surface area contributed by atoms with Crippen LogP contribution in [-0.2, 0) is 9.59 Å². The molecule has 2 aliphatic rings. The van der Waals surface area contributed by atoms with Gasteiger partial charge in [-0.1, -0.05) is 20.8 Å². The topological polar surface area (TPSA) is 57.6 Å². The standard InChI is InChI=1S/C13H21NO3/c1-8-5-4-6-14(7-8)11(15)9-10(12(16)17)13(9,2)3/h8-10H,4-7H2,1-3H3,(H,16,17)/t8-,9+,10-/m1/s1. The van der Waals surface area contributed by atoms with Gasteiger partial charge in [-0.15, -0.1) is 0 Å². The summed E-state index contributed by atoms with van der Waals surface area (Å²) in [5.74, 6) is -1.05. The Morgan fingerprint density at radius 1 is 1.29 bits per heavy atom. The summed E-state index contributed by atoms with van der Waals surface area (Å²) in [6.45, 7) is 7.48. The first-order valence-corrected chi connectivity index (χ1v) is 6.37. The third-order valence-corrected chi connectivity index (χ3v) is 4.33. The lowest BCUT2D eigenvalue weighted by Gasteiger charge is -2.31. The van der Waals surface area contributed by atoms with Crippen LogP contribution in [0.4, 0.5) is 0 Å². The van der Waals surface area contributed by atoms with Crippen molar-refractivity contribution < 1.29 is 14.7 Å². The number of rotatable bonds is 2. The van der Waals surface area contributed by atoms with Gasteiger partial charge in [-0.05, 0) is 24.2 Å². The molecule has 0 spiro atoms. The van der Waals surface area contributed by atoms with Gasteiger partial charge in [-0.25, -0.2) is 0 Å². The van der Waals surface area contributed by atoms with E-state index in [2.05, 4.69) is 6.92 Å². The van der Waals surface area contributed by atoms with Crippen LogP contribution in [0.25, 0.3) is 0 Å². The zero-order valence-corrected chi connectivity index (χ0v) is 10.8. The Labute approximate surface area is 102 Å². The number of aliphatic carboxylic acids is 1. The van der Waals surface area contributed by atoms with Crippen molar-refractivity contribution >= 4 is 11.9 Å². The van der Waals surface area contributed by atoms with Gasteiger partial charge in [0.1, 0.15) is 0 Å². The Bertz CT molecular complexity index is 351. The number of carboxylic acid groups (broad SMARTS) is 1. The highest BCUT2D eigenvalue weighted by molar-refractivity contribution is 5.91. The van der Waals surface area contributed by atoms with E-state index in [1.807, 2.05) is 18.7 Å². The summed E-state index contributed by atoms with van der Waals surface area (Å²) in [6, 6.07) is 0. The summed E-state index contributed by atoms with van der Waals surface area (Å²) in [7, 11) is 0. The molecule has 2 fully saturated rings. The number of carbonyl (C=O) groups excluding carboxylic acids is 1. The second-order valence-corrected chi connectivity index (χ2v) is 6.15. The Morgan fingerprint density at radius 2 is 1.94 bits per heavy atom. The van der Waals surface area contributed by atoms with Gasteiger partial charge in [-0.3, -0.25) is 9.59 Å². The monoisotopic (exact) mass is 239 g/mol. The SMILES string of the molecule is C[C@@H]1CCCN(C(=O)[C@@H]2[C@H](C(=O)O)C2(C)C)C1. The normalized spacial score (nSPS) is 35.5. The molecule has 1 N–H and O–H groups in total. The molecule has 1 aliphatic carbocycles. The van der Waals surface area contributed by atoms with Crippen LogP contribution in [0, 0.1) is 23.2 Å². The van der Waals surface area contributed by atoms with Gasteiger partial charge >= 0.3 is 5.97 Å². The third-order valence-electron chi connectivity index (χ3n) is 4.33. The molecular formula is C13H21NO3. The van der Waals surface area contributed by atoms with E-state index in [1.165, 1.54) is 6.42 Å². The van der Waals surface area contributed by atoms with Crippen molar-refractivity contribution in [2.24, 2.45) is 23.2 Å². The van der Waals surface area contributed by atoms with Crippen LogP contribution in [0.5, 0.6) is 0 Å². The second-order valence-electron chi connectivity index (χ2n) is 6.15. The molecule has 1 saturated carbocycles. The predicted molar refractivity (Wildman–Crippen MR) is 63.4 cm³/mol. The fraction of sp³-hybridized carbons (Fsp3) is 0.846. The van der Waals surface area contributed by atoms with E-state index >= 15 is 0 Å². The smallest absolute Gasteiger partial charge is 0.307 e. The molecule has 1 aliphatic heterocycles. The molecule has 1 amide bonds. The Balaban J connectivity index is 2.04. The Morgan fingerprint density at radius 3 is 2.41 bits per heavy atom. The van der Waals surface area contributed by atoms with Gasteiger partial charge in [0.2, 0.25) is 5.91 Å². The lowest BCUT2D eigenvalue weighted by Crippen LogP contribution is -2.40. The second kappa shape index (κ2) is 4.00. The number of piperidine rings is 1. The van der Waals surface area contributed by atoms with Crippen LogP contribution >= 0.6 is 0 Å². The lowest BCUT2D eigenvalue weighted by atomic mass is 9.99. The quantitative estimate of drug-likeness (QED) is 0.796. The summed E-state index contributed by atoms with van der Waals surface area (Å²) >= 11 is 0. The number of hydrogen-bond donors (Lipinski definition) is 1. The Hall–Kier alpha value is -1.06. The highest BCUT2D eigenvalue weighted by atomic mass is 16.4. The van der Waals surface area contributed by atoms with Crippen molar-refractivity contribution in [1.82, 2.24) is 4.90 Å². The van der Waals surface area contributed by atoms with Crippen molar-refractivity contribution in [2.75, 3.05) is 13.1 Å². The number of amides is 1. The lowest BCUT2D eigenvalue weighted by molar-refractivity contribution is -0.142. The predicted octanol–water partition coefficient (Wildman–Crippen LogP) is 1.60. The number of carbonyl (C=O) groups is 2. The Kier molecular flexibility index (Phi) is 2.92. The molecule has 0 aromatic carbocycles. The molecule has 3 atom stereocenters. The molecule has 1 saturated heterocycles. The van der Waals surface area contributed by atoms with E-state index in [0.717, 1.165) is 19.5 Å². The van der Waals surface area contributed by atoms with Crippen LogP contribution in [0.15, 0.2) is 0 Å². The first kappa shape index (κ1) is 12.4. The fourth-order valence-electron chi connectivity index (χ4n) is 3.15. The van der Waals surface area contributed by atoms with E-state index in [4.69, 9.17) is 5.11 Å². The first-order chi connectivity index (χ1) is 7.85. The first-order valence-electron chi connectivity index (χ1n) is 6.37. The molecule has 0 unspecified atom stereocenters. The average molecular weight is 239 g/mol. The maximum absolute atomic E-state index is 12.3. The van der Waals surface area contributed by atoms with E-state index < -0.39 is 11.9 Å². The van der Waals surface area contributed by atoms with Crippen molar-refractivity contribution in [2.45, 2.75) is 33.6 Å². The molecular weight excluding hydrogens is 218 g/mol. The highest BCUT2D eigenvalue weighted by Crippen LogP contribution is 2.59. The van der Waals surface area contributed by atoms with Crippen LogP contribution in [0.3, 0.4) is 0 Å². The zero-order valence-electron chi connectivity index (χ0n) is 10.8. The molecule has 4 nitrogen and oxygen atoms in total. The van der Waals surface area contributed by atoms with Crippen molar-refractivity contribution in [3.8, 4) is 0 Å². The van der Waals surface area contributed by atoms with Gasteiger partial charge in [-0.2, -0.15) is 0 Å². The molecule has 0 bridgehead atoms. The number of nitrogens with zero attached hydrogens (tertiary/aromatic N) is 1. The average Bonchev–Trinajstić information content (AvgIpc) is 2.80. The summed E-state index contributed by atoms with van der Waals surface area (Å²) in [6.07, 6.45) is 2.21. The maximum atomic E-state index is 12.3. The van der Waals surface area contributed by atoms with E-state index in [-0.39, 0.29) is 17.2 Å². The maximum Gasteiger partial charge on any atom is 0.307 e. The molecule has 0 radical (unpaired) electrons. The summed E-state index contributed by atoms with van der Waals surface area (Å²) in [5, 5.41) is 9.09. The summed E-state index contributed by atoms with van der Waals surface area (Å²) in [5.41, 5.74) is -0.371. The van der Waals surface area contributed by atoms with E-state index in [9.17, 15) is 9.59 Å². The molecule has 0 aromatic rings. The minimum atomic E-state index is -0.835. The molecule has 0 aromatic heterocycles. The number of carboxylic acids is 1.